The summed E-state index contributed by atoms with van der Waals surface area (Å²) >= 11 is 0. The molecule has 0 unspecified atom stereocenters. The number of aromatic nitrogens is 2. The van der Waals surface area contributed by atoms with E-state index in [1.165, 1.54) is 11.3 Å². The molecule has 0 spiro atoms. The molecule has 1 aromatic heterocycles. The Balaban J connectivity index is 2.33. The van der Waals surface area contributed by atoms with Gasteiger partial charge < -0.3 is 5.32 Å². The number of hydrogen-bond donors (Lipinski definition) is 1. The molecule has 0 saturated carbocycles. The Hall–Kier alpha value is -0.960. The van der Waals surface area contributed by atoms with Crippen molar-refractivity contribution < 1.29 is 0 Å². The lowest BCUT2D eigenvalue weighted by Crippen LogP contribution is -2.16. The maximum absolute atomic E-state index is 4.23. The topological polar surface area (TPSA) is 37.8 Å². The second kappa shape index (κ2) is 2.96. The fourth-order valence-electron chi connectivity index (χ4n) is 1.37. The lowest BCUT2D eigenvalue weighted by molar-refractivity contribution is 0.708. The average Bonchev–Trinajstić information content (AvgIpc) is 2.28. The summed E-state index contributed by atoms with van der Waals surface area (Å²) < 4.78 is 0. The molecule has 1 aromatic rings. The molecule has 0 atom stereocenters. The van der Waals surface area contributed by atoms with E-state index in [-0.39, 0.29) is 0 Å². The summed E-state index contributed by atoms with van der Waals surface area (Å²) in [6, 6.07) is 0. The fraction of sp³-hybridized carbons (Fsp3) is 0.500. The lowest BCUT2D eigenvalue weighted by atomic mass is 10.1. The van der Waals surface area contributed by atoms with Crippen LogP contribution in [-0.2, 0) is 12.8 Å². The molecule has 0 radical (unpaired) electrons. The number of nitrogens with zero attached hydrogens (tertiary/aromatic N) is 2. The molecule has 0 aliphatic carbocycles. The predicted octanol–water partition coefficient (Wildman–Crippen LogP) is 0.165. The van der Waals surface area contributed by atoms with E-state index in [0.717, 1.165) is 25.9 Å². The van der Waals surface area contributed by atoms with Gasteiger partial charge in [0.25, 0.3) is 0 Å². The van der Waals surface area contributed by atoms with Gasteiger partial charge in [-0.1, -0.05) is 0 Å². The van der Waals surface area contributed by atoms with Crippen LogP contribution in [0.3, 0.4) is 0 Å². The van der Waals surface area contributed by atoms with Gasteiger partial charge in [-0.05, 0) is 18.5 Å². The molecular weight excluding hydrogens is 138 g/mol. The fourth-order valence-corrected chi connectivity index (χ4v) is 1.37. The van der Waals surface area contributed by atoms with Crippen molar-refractivity contribution in [1.82, 2.24) is 15.3 Å². The van der Waals surface area contributed by atoms with Crippen molar-refractivity contribution in [2.75, 3.05) is 13.1 Å². The van der Waals surface area contributed by atoms with Crippen LogP contribution in [0.2, 0.25) is 0 Å². The molecule has 0 aromatic carbocycles. The normalized spacial score (nSPS) is 17.1. The summed E-state index contributed by atoms with van der Waals surface area (Å²) in [6.07, 6.45) is 5.66. The van der Waals surface area contributed by atoms with E-state index < -0.39 is 0 Å². The van der Waals surface area contributed by atoms with E-state index in [4.69, 9.17) is 0 Å². The summed E-state index contributed by atoms with van der Waals surface area (Å²) in [7, 11) is 0. The lowest BCUT2D eigenvalue weighted by Gasteiger charge is -1.99. The minimum Gasteiger partial charge on any atom is -0.316 e. The Morgan fingerprint density at radius 3 is 3.18 bits per heavy atom. The smallest absolute Gasteiger partial charge is 0.115 e. The molecule has 0 bridgehead atoms. The second-order valence-electron chi connectivity index (χ2n) is 2.74. The number of nitrogens with one attached hydrogen (secondary N) is 1. The van der Waals surface area contributed by atoms with Crippen molar-refractivity contribution >= 4 is 0 Å². The Labute approximate surface area is 65.9 Å². The van der Waals surface area contributed by atoms with Gasteiger partial charge in [0.05, 0.1) is 0 Å². The van der Waals surface area contributed by atoms with Crippen LogP contribution in [0.5, 0.6) is 0 Å². The Bertz CT molecular complexity index is 222. The zero-order chi connectivity index (χ0) is 7.52. The first-order chi connectivity index (χ1) is 5.47. The minimum atomic E-state index is 1.04. The van der Waals surface area contributed by atoms with Crippen LogP contribution < -0.4 is 5.32 Å². The molecule has 0 amide bonds. The highest BCUT2D eigenvalue weighted by Crippen LogP contribution is 2.06. The van der Waals surface area contributed by atoms with Gasteiger partial charge in [0.1, 0.15) is 6.33 Å². The molecule has 58 valence electrons. The average molecular weight is 149 g/mol. The summed E-state index contributed by atoms with van der Waals surface area (Å²) in [5.74, 6) is 0. The second-order valence-corrected chi connectivity index (χ2v) is 2.74. The summed E-state index contributed by atoms with van der Waals surface area (Å²) in [4.78, 5) is 8.23. The SMILES string of the molecule is c1ncc2c(n1)CCNCC2. The van der Waals surface area contributed by atoms with E-state index in [9.17, 15) is 0 Å². The van der Waals surface area contributed by atoms with Crippen molar-refractivity contribution in [3.8, 4) is 0 Å². The van der Waals surface area contributed by atoms with Gasteiger partial charge in [-0.25, -0.2) is 9.97 Å². The molecule has 0 saturated heterocycles. The van der Waals surface area contributed by atoms with Crippen molar-refractivity contribution in [2.45, 2.75) is 12.8 Å². The van der Waals surface area contributed by atoms with Crippen LogP contribution in [-0.4, -0.2) is 23.1 Å². The number of fused-ring (bicyclic) bond motifs is 1. The quantitative estimate of drug-likeness (QED) is 0.571. The van der Waals surface area contributed by atoms with E-state index >= 15 is 0 Å². The van der Waals surface area contributed by atoms with Crippen molar-refractivity contribution in [2.24, 2.45) is 0 Å². The van der Waals surface area contributed by atoms with E-state index in [1.54, 1.807) is 6.33 Å². The Kier molecular flexibility index (Phi) is 1.81. The molecule has 3 nitrogen and oxygen atoms in total. The molecule has 11 heavy (non-hydrogen) atoms. The summed E-state index contributed by atoms with van der Waals surface area (Å²) in [6.45, 7) is 2.10. The maximum Gasteiger partial charge on any atom is 0.115 e. The molecular formula is C8H11N3. The van der Waals surface area contributed by atoms with Crippen LogP contribution in [0.15, 0.2) is 12.5 Å². The first-order valence-corrected chi connectivity index (χ1v) is 3.95. The monoisotopic (exact) mass is 149 g/mol. The first kappa shape index (κ1) is 6.73. The number of hydrogen-bond acceptors (Lipinski definition) is 3. The van der Waals surface area contributed by atoms with Crippen LogP contribution in [0.1, 0.15) is 11.3 Å². The van der Waals surface area contributed by atoms with Crippen LogP contribution >= 0.6 is 0 Å². The van der Waals surface area contributed by atoms with E-state index in [0.29, 0.717) is 0 Å². The highest BCUT2D eigenvalue weighted by atomic mass is 14.9. The third-order valence-corrected chi connectivity index (χ3v) is 1.99. The van der Waals surface area contributed by atoms with Crippen molar-refractivity contribution in [1.29, 1.82) is 0 Å². The largest absolute Gasteiger partial charge is 0.316 e. The third kappa shape index (κ3) is 1.38. The third-order valence-electron chi connectivity index (χ3n) is 1.99. The van der Waals surface area contributed by atoms with E-state index in [1.807, 2.05) is 6.20 Å². The highest BCUT2D eigenvalue weighted by molar-refractivity contribution is 5.17. The van der Waals surface area contributed by atoms with Crippen LogP contribution in [0.4, 0.5) is 0 Å². The summed E-state index contributed by atoms with van der Waals surface area (Å²) in [5, 5.41) is 3.33. The molecule has 1 N–H and O–H groups in total. The van der Waals surface area contributed by atoms with Gasteiger partial charge in [0.2, 0.25) is 0 Å². The van der Waals surface area contributed by atoms with Gasteiger partial charge >= 0.3 is 0 Å². The Morgan fingerprint density at radius 1 is 1.27 bits per heavy atom. The van der Waals surface area contributed by atoms with Gasteiger partial charge in [-0.15, -0.1) is 0 Å². The van der Waals surface area contributed by atoms with Gasteiger partial charge in [-0.3, -0.25) is 0 Å². The molecule has 0 fully saturated rings. The standard InChI is InChI=1S/C8H11N3/c1-3-9-4-2-8-7(1)5-10-6-11-8/h5-6,9H,1-4H2. The maximum atomic E-state index is 4.23. The molecule has 2 heterocycles. The molecule has 1 aliphatic rings. The zero-order valence-corrected chi connectivity index (χ0v) is 6.38. The van der Waals surface area contributed by atoms with Crippen LogP contribution in [0, 0.1) is 0 Å². The Morgan fingerprint density at radius 2 is 2.18 bits per heavy atom. The minimum absolute atomic E-state index is 1.04. The molecule has 3 heteroatoms. The van der Waals surface area contributed by atoms with Gasteiger partial charge in [0, 0.05) is 24.9 Å². The van der Waals surface area contributed by atoms with E-state index in [2.05, 4.69) is 15.3 Å². The van der Waals surface area contributed by atoms with Crippen LogP contribution in [0.25, 0.3) is 0 Å². The predicted molar refractivity (Wildman–Crippen MR) is 42.3 cm³/mol. The van der Waals surface area contributed by atoms with Gasteiger partial charge in [-0.2, -0.15) is 0 Å². The highest BCUT2D eigenvalue weighted by Gasteiger charge is 2.06. The molecule has 2 rings (SSSR count). The van der Waals surface area contributed by atoms with Crippen molar-refractivity contribution in [3.05, 3.63) is 23.8 Å². The molecule has 1 aliphatic heterocycles. The number of rotatable bonds is 0. The van der Waals surface area contributed by atoms with Gasteiger partial charge in [0.15, 0.2) is 0 Å². The van der Waals surface area contributed by atoms with Crippen molar-refractivity contribution in [3.63, 3.8) is 0 Å². The zero-order valence-electron chi connectivity index (χ0n) is 6.38. The summed E-state index contributed by atoms with van der Waals surface area (Å²) in [5.41, 5.74) is 2.52. The first-order valence-electron chi connectivity index (χ1n) is 3.95.